The molecule has 2 rings (SSSR count). The first-order chi connectivity index (χ1) is 8.63. The second-order valence-corrected chi connectivity index (χ2v) is 7.62. The molecule has 1 unspecified atom stereocenters. The van der Waals surface area contributed by atoms with E-state index >= 15 is 0 Å². The van der Waals surface area contributed by atoms with Crippen molar-refractivity contribution in [3.05, 3.63) is 0 Å². The molecule has 1 atom stereocenters. The second-order valence-electron chi connectivity index (χ2n) is 5.19. The molecule has 1 N–H and O–H groups in total. The highest BCUT2D eigenvalue weighted by Crippen LogP contribution is 2.48. The molecule has 0 radical (unpaired) electrons. The Morgan fingerprint density at radius 2 is 1.83 bits per heavy atom. The van der Waals surface area contributed by atoms with Crippen LogP contribution in [0, 0.1) is 0 Å². The monoisotopic (exact) mass is 275 g/mol. The highest BCUT2D eigenvalue weighted by atomic mass is 31.2. The van der Waals surface area contributed by atoms with Gasteiger partial charge in [0.2, 0.25) is 0 Å². The van der Waals surface area contributed by atoms with Gasteiger partial charge in [0.25, 0.3) is 7.52 Å². The summed E-state index contributed by atoms with van der Waals surface area (Å²) < 4.78 is 19.8. The van der Waals surface area contributed by atoms with Crippen molar-refractivity contribution in [2.45, 2.75) is 25.8 Å². The van der Waals surface area contributed by atoms with Gasteiger partial charge in [0, 0.05) is 52.0 Å². The molecule has 0 aromatic carbocycles. The van der Waals surface area contributed by atoms with E-state index in [-0.39, 0.29) is 0 Å². The van der Waals surface area contributed by atoms with Crippen LogP contribution in [0.5, 0.6) is 0 Å². The molecule has 18 heavy (non-hydrogen) atoms. The summed E-state index contributed by atoms with van der Waals surface area (Å²) in [6, 6.07) is 0.671. The summed E-state index contributed by atoms with van der Waals surface area (Å²) in [5.41, 5.74) is 0. The molecule has 2 aliphatic rings. The van der Waals surface area contributed by atoms with E-state index in [0.29, 0.717) is 12.6 Å². The molecule has 0 spiro atoms. The van der Waals surface area contributed by atoms with E-state index in [1.165, 1.54) is 0 Å². The maximum Gasteiger partial charge on any atom is 0.269 e. The molecule has 106 valence electrons. The number of nitrogens with zero attached hydrogens (tertiary/aromatic N) is 2. The van der Waals surface area contributed by atoms with Gasteiger partial charge in [-0.25, -0.2) is 4.67 Å². The molecule has 0 amide bonds. The summed E-state index contributed by atoms with van der Waals surface area (Å²) in [7, 11) is -2.53. The minimum atomic E-state index is -2.53. The van der Waals surface area contributed by atoms with Crippen LogP contribution >= 0.6 is 7.52 Å². The van der Waals surface area contributed by atoms with Gasteiger partial charge in [-0.15, -0.1) is 0 Å². The van der Waals surface area contributed by atoms with Crippen molar-refractivity contribution in [1.29, 1.82) is 0 Å². The zero-order valence-electron chi connectivity index (χ0n) is 11.6. The maximum atomic E-state index is 12.3. The average molecular weight is 275 g/mol. The Bertz CT molecular complexity index is 300. The van der Waals surface area contributed by atoms with Gasteiger partial charge in [-0.3, -0.25) is 9.46 Å². The predicted molar refractivity (Wildman–Crippen MR) is 74.2 cm³/mol. The molecule has 0 bridgehead atoms. The van der Waals surface area contributed by atoms with E-state index in [0.717, 1.165) is 52.1 Å². The third-order valence-electron chi connectivity index (χ3n) is 3.99. The molecule has 2 heterocycles. The average Bonchev–Trinajstić information content (AvgIpc) is 2.40. The van der Waals surface area contributed by atoms with Gasteiger partial charge in [-0.05, 0) is 19.8 Å². The standard InChI is InChI=1S/C12H26N3O2P/c1-3-17-18(2,16)15-8-4-12(5-9-15)14-10-6-13-7-11-14/h12-13H,3-11H2,1-2H3. The Balaban J connectivity index is 1.82. The highest BCUT2D eigenvalue weighted by molar-refractivity contribution is 7.55. The van der Waals surface area contributed by atoms with Gasteiger partial charge in [0.1, 0.15) is 0 Å². The van der Waals surface area contributed by atoms with Gasteiger partial charge >= 0.3 is 0 Å². The maximum absolute atomic E-state index is 12.3. The molecule has 2 aliphatic heterocycles. The molecular weight excluding hydrogens is 249 g/mol. The molecule has 2 fully saturated rings. The first-order valence-corrected chi connectivity index (χ1v) is 9.08. The van der Waals surface area contributed by atoms with Crippen molar-refractivity contribution in [2.24, 2.45) is 0 Å². The number of piperazine rings is 1. The lowest BCUT2D eigenvalue weighted by Crippen LogP contribution is -2.51. The molecule has 0 saturated carbocycles. The first kappa shape index (κ1) is 14.5. The minimum absolute atomic E-state index is 0.533. The Kier molecular flexibility index (Phi) is 5.22. The van der Waals surface area contributed by atoms with E-state index in [1.54, 1.807) is 6.66 Å². The largest absolute Gasteiger partial charge is 0.318 e. The first-order valence-electron chi connectivity index (χ1n) is 7.05. The van der Waals surface area contributed by atoms with Crippen LogP contribution in [0.4, 0.5) is 0 Å². The number of hydrogen-bond acceptors (Lipinski definition) is 4. The molecule has 0 aliphatic carbocycles. The lowest BCUT2D eigenvalue weighted by atomic mass is 10.0. The van der Waals surface area contributed by atoms with Crippen LogP contribution < -0.4 is 5.32 Å². The van der Waals surface area contributed by atoms with Gasteiger partial charge in [-0.1, -0.05) is 0 Å². The van der Waals surface area contributed by atoms with Gasteiger partial charge < -0.3 is 9.84 Å². The lowest BCUT2D eigenvalue weighted by Gasteiger charge is -2.41. The van der Waals surface area contributed by atoms with E-state index in [1.807, 2.05) is 6.92 Å². The van der Waals surface area contributed by atoms with E-state index in [2.05, 4.69) is 14.9 Å². The molecular formula is C12H26N3O2P. The SMILES string of the molecule is CCOP(C)(=O)N1CCC(N2CCNCC2)CC1. The molecule has 2 saturated heterocycles. The number of hydrogen-bond donors (Lipinski definition) is 1. The van der Waals surface area contributed by atoms with Crippen molar-refractivity contribution >= 4 is 7.52 Å². The highest BCUT2D eigenvalue weighted by Gasteiger charge is 2.32. The Labute approximate surface area is 110 Å². The van der Waals surface area contributed by atoms with Gasteiger partial charge in [-0.2, -0.15) is 0 Å². The van der Waals surface area contributed by atoms with Crippen LogP contribution in [0.3, 0.4) is 0 Å². The smallest absolute Gasteiger partial charge is 0.269 e. The van der Waals surface area contributed by atoms with E-state index in [4.69, 9.17) is 4.52 Å². The quantitative estimate of drug-likeness (QED) is 0.782. The normalized spacial score (nSPS) is 28.1. The fourth-order valence-electron chi connectivity index (χ4n) is 2.95. The van der Waals surface area contributed by atoms with Gasteiger partial charge in [0.15, 0.2) is 0 Å². The van der Waals surface area contributed by atoms with Crippen molar-refractivity contribution in [3.63, 3.8) is 0 Å². The number of piperidine rings is 1. The predicted octanol–water partition coefficient (Wildman–Crippen LogP) is 1.22. The van der Waals surface area contributed by atoms with Crippen LogP contribution in [0.15, 0.2) is 0 Å². The van der Waals surface area contributed by atoms with Crippen LogP contribution in [-0.2, 0) is 9.09 Å². The fraction of sp³-hybridized carbons (Fsp3) is 1.00. The third kappa shape index (κ3) is 3.55. The summed E-state index contributed by atoms with van der Waals surface area (Å²) in [5, 5.41) is 3.39. The minimum Gasteiger partial charge on any atom is -0.318 e. The van der Waals surface area contributed by atoms with Crippen molar-refractivity contribution in [1.82, 2.24) is 14.9 Å². The van der Waals surface area contributed by atoms with Crippen LogP contribution in [0.25, 0.3) is 0 Å². The van der Waals surface area contributed by atoms with E-state index in [9.17, 15) is 4.57 Å². The Morgan fingerprint density at radius 3 is 2.39 bits per heavy atom. The summed E-state index contributed by atoms with van der Waals surface area (Å²) in [6.07, 6.45) is 2.23. The molecule has 6 heteroatoms. The van der Waals surface area contributed by atoms with Crippen LogP contribution in [0.2, 0.25) is 0 Å². The Morgan fingerprint density at radius 1 is 1.22 bits per heavy atom. The summed E-state index contributed by atoms with van der Waals surface area (Å²) in [6.45, 7) is 10.5. The molecule has 0 aromatic heterocycles. The zero-order valence-corrected chi connectivity index (χ0v) is 12.5. The second kappa shape index (κ2) is 6.49. The summed E-state index contributed by atoms with van der Waals surface area (Å²) >= 11 is 0. The van der Waals surface area contributed by atoms with Crippen molar-refractivity contribution in [3.8, 4) is 0 Å². The van der Waals surface area contributed by atoms with Crippen LogP contribution in [-0.4, -0.2) is 68.2 Å². The summed E-state index contributed by atoms with van der Waals surface area (Å²) in [4.78, 5) is 2.58. The number of nitrogens with one attached hydrogen (secondary N) is 1. The molecule has 5 nitrogen and oxygen atoms in total. The Hall–Kier alpha value is 0.0700. The van der Waals surface area contributed by atoms with Gasteiger partial charge in [0.05, 0.1) is 6.61 Å². The third-order valence-corrected chi connectivity index (χ3v) is 6.16. The topological polar surface area (TPSA) is 44.8 Å². The zero-order chi connectivity index (χ0) is 13.0. The number of rotatable bonds is 4. The van der Waals surface area contributed by atoms with Crippen molar-refractivity contribution in [2.75, 3.05) is 52.5 Å². The summed E-state index contributed by atoms with van der Waals surface area (Å²) in [5.74, 6) is 0. The molecule has 0 aromatic rings. The fourth-order valence-corrected chi connectivity index (χ4v) is 4.55. The van der Waals surface area contributed by atoms with Crippen molar-refractivity contribution < 1.29 is 9.09 Å². The lowest BCUT2D eigenvalue weighted by molar-refractivity contribution is 0.118. The van der Waals surface area contributed by atoms with Crippen LogP contribution in [0.1, 0.15) is 19.8 Å². The van der Waals surface area contributed by atoms with E-state index < -0.39 is 7.52 Å².